The number of nitrogens with one attached hydrogen (secondary N) is 1. The van der Waals surface area contributed by atoms with Crippen LogP contribution in [-0.2, 0) is 20.7 Å². The second-order valence-electron chi connectivity index (χ2n) is 9.02. The Labute approximate surface area is 222 Å². The first-order valence-electron chi connectivity index (χ1n) is 11.6. The Hall–Kier alpha value is -3.52. The van der Waals surface area contributed by atoms with Gasteiger partial charge in [-0.2, -0.15) is 0 Å². The minimum absolute atomic E-state index is 0.0665. The number of amides is 1. The van der Waals surface area contributed by atoms with Gasteiger partial charge in [0.1, 0.15) is 5.92 Å². The molecule has 188 valence electrons. The fourth-order valence-corrected chi connectivity index (χ4v) is 5.53. The predicted octanol–water partition coefficient (Wildman–Crippen LogP) is 4.56. The summed E-state index contributed by atoms with van der Waals surface area (Å²) in [6, 6.07) is 20.0. The van der Waals surface area contributed by atoms with Gasteiger partial charge in [-0.1, -0.05) is 83.9 Å². The van der Waals surface area contributed by atoms with Gasteiger partial charge in [0.2, 0.25) is 23.1 Å². The van der Waals surface area contributed by atoms with Crippen LogP contribution in [-0.4, -0.2) is 40.7 Å². The molecule has 1 amide bonds. The Morgan fingerprint density at radius 2 is 1.51 bits per heavy atom. The monoisotopic (exact) mass is 537 g/mol. The molecular formula is C28H21Cl2NO6. The summed E-state index contributed by atoms with van der Waals surface area (Å²) >= 11 is 12.3. The van der Waals surface area contributed by atoms with E-state index in [1.807, 2.05) is 30.3 Å². The number of halogens is 2. The van der Waals surface area contributed by atoms with Crippen molar-refractivity contribution in [1.29, 1.82) is 0 Å². The molecule has 0 bridgehead atoms. The van der Waals surface area contributed by atoms with Crippen LogP contribution in [0.25, 0.3) is 0 Å². The number of hydrogen-bond donors (Lipinski definition) is 2. The van der Waals surface area contributed by atoms with E-state index in [0.29, 0.717) is 12.0 Å². The van der Waals surface area contributed by atoms with Crippen molar-refractivity contribution in [2.75, 3.05) is 6.54 Å². The SMILES string of the molecule is O=C(NCCc1ccccc1)C1C(c2ccc(Cl)c(Cl)c2)OC2(C(=O)c3ccccc3C2=O)C1C(=O)O. The zero-order chi connectivity index (χ0) is 26.3. The van der Waals surface area contributed by atoms with Crippen molar-refractivity contribution in [3.63, 3.8) is 0 Å². The summed E-state index contributed by atoms with van der Waals surface area (Å²) in [6.45, 7) is 0.217. The average molecular weight is 538 g/mol. The number of carboxylic acids is 1. The third-order valence-electron chi connectivity index (χ3n) is 6.92. The molecule has 3 aromatic rings. The molecule has 0 radical (unpaired) electrons. The second-order valence-corrected chi connectivity index (χ2v) is 9.83. The Bertz CT molecular complexity index is 1390. The van der Waals surface area contributed by atoms with Crippen LogP contribution in [0.4, 0.5) is 0 Å². The van der Waals surface area contributed by atoms with Crippen LogP contribution in [0.1, 0.15) is 37.9 Å². The third kappa shape index (κ3) is 4.13. The molecule has 1 aliphatic carbocycles. The summed E-state index contributed by atoms with van der Waals surface area (Å²) in [5, 5.41) is 13.5. The number of Topliss-reactive ketones (excluding diaryl/α,β-unsaturated/α-hetero) is 2. The summed E-state index contributed by atoms with van der Waals surface area (Å²) in [4.78, 5) is 53.5. The van der Waals surface area contributed by atoms with Crippen LogP contribution < -0.4 is 5.32 Å². The number of benzene rings is 3. The topological polar surface area (TPSA) is 110 Å². The molecule has 1 heterocycles. The molecule has 1 fully saturated rings. The summed E-state index contributed by atoms with van der Waals surface area (Å²) in [6.07, 6.45) is -0.737. The van der Waals surface area contributed by atoms with Gasteiger partial charge in [0.15, 0.2) is 0 Å². The molecule has 1 aliphatic heterocycles. The first kappa shape index (κ1) is 25.1. The number of carbonyl (C=O) groups is 4. The minimum Gasteiger partial charge on any atom is -0.481 e. The average Bonchev–Trinajstić information content (AvgIpc) is 3.36. The largest absolute Gasteiger partial charge is 0.481 e. The molecule has 1 saturated heterocycles. The van der Waals surface area contributed by atoms with E-state index in [-0.39, 0.29) is 27.7 Å². The number of ether oxygens (including phenoxy) is 1. The van der Waals surface area contributed by atoms with Gasteiger partial charge in [-0.15, -0.1) is 0 Å². The smallest absolute Gasteiger partial charge is 0.311 e. The van der Waals surface area contributed by atoms with Crippen molar-refractivity contribution >= 4 is 46.6 Å². The normalized spacial score (nSPS) is 21.7. The van der Waals surface area contributed by atoms with Crippen molar-refractivity contribution in [2.24, 2.45) is 11.8 Å². The molecule has 3 unspecified atom stereocenters. The van der Waals surface area contributed by atoms with Crippen LogP contribution in [0, 0.1) is 11.8 Å². The first-order chi connectivity index (χ1) is 17.8. The molecule has 9 heteroatoms. The van der Waals surface area contributed by atoms with Crippen molar-refractivity contribution in [3.05, 3.63) is 105 Å². The maximum atomic E-state index is 13.6. The van der Waals surface area contributed by atoms with Crippen molar-refractivity contribution in [1.82, 2.24) is 5.32 Å². The van der Waals surface area contributed by atoms with E-state index in [2.05, 4.69) is 5.32 Å². The summed E-state index contributed by atoms with van der Waals surface area (Å²) < 4.78 is 6.13. The molecule has 0 saturated carbocycles. The summed E-state index contributed by atoms with van der Waals surface area (Å²) in [5.74, 6) is -6.84. The van der Waals surface area contributed by atoms with E-state index in [4.69, 9.17) is 27.9 Å². The van der Waals surface area contributed by atoms with Gasteiger partial charge in [-0.25, -0.2) is 0 Å². The molecule has 3 aromatic carbocycles. The number of ketones is 2. The minimum atomic E-state index is -2.38. The lowest BCUT2D eigenvalue weighted by Gasteiger charge is -2.25. The molecule has 1 spiro atoms. The van der Waals surface area contributed by atoms with E-state index in [0.717, 1.165) is 5.56 Å². The predicted molar refractivity (Wildman–Crippen MR) is 136 cm³/mol. The second kappa shape index (κ2) is 9.74. The highest BCUT2D eigenvalue weighted by Gasteiger charge is 2.71. The van der Waals surface area contributed by atoms with Crippen LogP contribution in [0.2, 0.25) is 10.0 Å². The van der Waals surface area contributed by atoms with E-state index in [1.165, 1.54) is 30.3 Å². The van der Waals surface area contributed by atoms with Crippen molar-refractivity contribution in [2.45, 2.75) is 18.1 Å². The lowest BCUT2D eigenvalue weighted by molar-refractivity contribution is -0.148. The molecular weight excluding hydrogens is 517 g/mol. The molecule has 2 aliphatic rings. The van der Waals surface area contributed by atoms with Gasteiger partial charge in [-0.05, 0) is 29.7 Å². The van der Waals surface area contributed by atoms with Crippen LogP contribution in [0.15, 0.2) is 72.8 Å². The lowest BCUT2D eigenvalue weighted by Crippen LogP contribution is -2.52. The zero-order valence-electron chi connectivity index (χ0n) is 19.3. The summed E-state index contributed by atoms with van der Waals surface area (Å²) in [5.41, 5.74) is -0.937. The van der Waals surface area contributed by atoms with E-state index < -0.39 is 47.0 Å². The van der Waals surface area contributed by atoms with Crippen molar-refractivity contribution < 1.29 is 29.0 Å². The van der Waals surface area contributed by atoms with E-state index in [9.17, 15) is 24.3 Å². The number of carbonyl (C=O) groups excluding carboxylic acids is 3. The standard InChI is InChI=1S/C28H21Cl2NO6/c29-19-11-10-16(14-20(19)30)23-21(26(34)31-13-12-15-6-2-1-3-7-15)22(27(35)36)28(37-23)24(32)17-8-4-5-9-18(17)25(28)33/h1-11,14,21-23H,12-13H2,(H,31,34)(H,35,36). The van der Waals surface area contributed by atoms with Crippen LogP contribution >= 0.6 is 23.2 Å². The van der Waals surface area contributed by atoms with Gasteiger partial charge >= 0.3 is 5.97 Å². The van der Waals surface area contributed by atoms with Crippen LogP contribution in [0.3, 0.4) is 0 Å². The number of fused-ring (bicyclic) bond motifs is 1. The fourth-order valence-electron chi connectivity index (χ4n) is 5.22. The zero-order valence-corrected chi connectivity index (χ0v) is 20.8. The Kier molecular flexibility index (Phi) is 6.62. The highest BCUT2D eigenvalue weighted by atomic mass is 35.5. The van der Waals surface area contributed by atoms with Gasteiger partial charge in [0.25, 0.3) is 0 Å². The molecule has 7 nitrogen and oxygen atoms in total. The van der Waals surface area contributed by atoms with E-state index in [1.54, 1.807) is 12.1 Å². The van der Waals surface area contributed by atoms with Gasteiger partial charge in [-0.3, -0.25) is 19.2 Å². The molecule has 37 heavy (non-hydrogen) atoms. The third-order valence-corrected chi connectivity index (χ3v) is 7.66. The summed E-state index contributed by atoms with van der Waals surface area (Å²) in [7, 11) is 0. The number of rotatable bonds is 6. The Morgan fingerprint density at radius 3 is 2.11 bits per heavy atom. The van der Waals surface area contributed by atoms with Gasteiger partial charge in [0.05, 0.1) is 22.1 Å². The lowest BCUT2D eigenvalue weighted by atomic mass is 9.75. The number of aliphatic carboxylic acids is 1. The molecule has 3 atom stereocenters. The number of carboxylic acid groups (broad SMARTS) is 1. The van der Waals surface area contributed by atoms with Crippen LogP contribution in [0.5, 0.6) is 0 Å². The quantitative estimate of drug-likeness (QED) is 0.446. The maximum Gasteiger partial charge on any atom is 0.311 e. The van der Waals surface area contributed by atoms with Gasteiger partial charge in [0, 0.05) is 17.7 Å². The molecule has 5 rings (SSSR count). The molecule has 0 aromatic heterocycles. The highest BCUT2D eigenvalue weighted by Crippen LogP contribution is 2.54. The first-order valence-corrected chi connectivity index (χ1v) is 12.4. The maximum absolute atomic E-state index is 13.6. The Balaban J connectivity index is 1.56. The van der Waals surface area contributed by atoms with Crippen molar-refractivity contribution in [3.8, 4) is 0 Å². The van der Waals surface area contributed by atoms with Gasteiger partial charge < -0.3 is 15.2 Å². The fraction of sp³-hybridized carbons (Fsp3) is 0.214. The molecule has 2 N–H and O–H groups in total. The Morgan fingerprint density at radius 1 is 0.892 bits per heavy atom. The highest BCUT2D eigenvalue weighted by molar-refractivity contribution is 6.42. The van der Waals surface area contributed by atoms with E-state index >= 15 is 0 Å². The number of hydrogen-bond acceptors (Lipinski definition) is 5.